The molecule has 0 aliphatic carbocycles. The van der Waals surface area contributed by atoms with Crippen molar-refractivity contribution in [3.05, 3.63) is 34.9 Å². The molecule has 0 saturated carbocycles. The van der Waals surface area contributed by atoms with Gasteiger partial charge in [-0.3, -0.25) is 4.79 Å². The molecule has 0 bridgehead atoms. The van der Waals surface area contributed by atoms with E-state index in [2.05, 4.69) is 15.9 Å². The second kappa shape index (κ2) is 5.40. The van der Waals surface area contributed by atoms with Gasteiger partial charge in [0.15, 0.2) is 5.78 Å². The zero-order valence-corrected chi connectivity index (χ0v) is 11.2. The standard InChI is InChI=1S/C11H9BrClF3O/c1-6(17)10(13)8-4-2-3-7(5-12)9(8)11(14,15)16/h2-4,10H,5H2,1H3. The lowest BCUT2D eigenvalue weighted by molar-refractivity contribution is -0.138. The second-order valence-corrected chi connectivity index (χ2v) is 4.48. The fourth-order valence-electron chi connectivity index (χ4n) is 1.51. The van der Waals surface area contributed by atoms with Gasteiger partial charge in [-0.25, -0.2) is 0 Å². The molecule has 0 saturated heterocycles. The van der Waals surface area contributed by atoms with Crippen LogP contribution in [0, 0.1) is 0 Å². The highest BCUT2D eigenvalue weighted by molar-refractivity contribution is 9.08. The first-order valence-electron chi connectivity index (χ1n) is 4.68. The molecule has 1 aromatic carbocycles. The monoisotopic (exact) mass is 328 g/mol. The number of carbonyl (C=O) groups excluding carboxylic acids is 1. The molecule has 1 atom stereocenters. The van der Waals surface area contributed by atoms with Crippen molar-refractivity contribution in [3.63, 3.8) is 0 Å². The summed E-state index contributed by atoms with van der Waals surface area (Å²) in [4.78, 5) is 11.1. The van der Waals surface area contributed by atoms with E-state index < -0.39 is 22.9 Å². The lowest BCUT2D eigenvalue weighted by atomic mass is 9.97. The van der Waals surface area contributed by atoms with Crippen molar-refractivity contribution < 1.29 is 18.0 Å². The lowest BCUT2D eigenvalue weighted by Gasteiger charge is -2.18. The van der Waals surface area contributed by atoms with Crippen molar-refractivity contribution >= 4 is 33.3 Å². The third kappa shape index (κ3) is 3.22. The van der Waals surface area contributed by atoms with Crippen LogP contribution in [0.1, 0.15) is 29.0 Å². The quantitative estimate of drug-likeness (QED) is 0.748. The van der Waals surface area contributed by atoms with Crippen LogP contribution in [0.25, 0.3) is 0 Å². The van der Waals surface area contributed by atoms with E-state index in [4.69, 9.17) is 11.6 Å². The number of halogens is 5. The summed E-state index contributed by atoms with van der Waals surface area (Å²) in [5, 5.41) is -1.22. The summed E-state index contributed by atoms with van der Waals surface area (Å²) in [6.45, 7) is 1.17. The Hall–Kier alpha value is -0.550. The largest absolute Gasteiger partial charge is 0.417 e. The van der Waals surface area contributed by atoms with Gasteiger partial charge >= 0.3 is 6.18 Å². The van der Waals surface area contributed by atoms with Gasteiger partial charge in [0.1, 0.15) is 5.38 Å². The number of carbonyl (C=O) groups is 1. The third-order valence-corrected chi connectivity index (χ3v) is 3.39. The predicted molar refractivity (Wildman–Crippen MR) is 63.4 cm³/mol. The van der Waals surface area contributed by atoms with Gasteiger partial charge in [-0.2, -0.15) is 13.2 Å². The lowest BCUT2D eigenvalue weighted by Crippen LogP contribution is -2.15. The van der Waals surface area contributed by atoms with Crippen LogP contribution in [0.3, 0.4) is 0 Å². The molecule has 1 aromatic rings. The highest BCUT2D eigenvalue weighted by Crippen LogP contribution is 2.39. The van der Waals surface area contributed by atoms with Crippen LogP contribution >= 0.6 is 27.5 Å². The highest BCUT2D eigenvalue weighted by atomic mass is 79.9. The van der Waals surface area contributed by atoms with Crippen molar-refractivity contribution in [2.75, 3.05) is 0 Å². The van der Waals surface area contributed by atoms with Gasteiger partial charge in [0.2, 0.25) is 0 Å². The molecule has 0 aliphatic heterocycles. The van der Waals surface area contributed by atoms with Crippen LogP contribution < -0.4 is 0 Å². The molecule has 1 nitrogen and oxygen atoms in total. The SMILES string of the molecule is CC(=O)C(Cl)c1cccc(CBr)c1C(F)(F)F. The fourth-order valence-corrected chi connectivity index (χ4v) is 2.16. The number of hydrogen-bond acceptors (Lipinski definition) is 1. The molecule has 1 rings (SSSR count). The van der Waals surface area contributed by atoms with Crippen LogP contribution in [-0.2, 0) is 16.3 Å². The minimum Gasteiger partial charge on any atom is -0.298 e. The van der Waals surface area contributed by atoms with Gasteiger partial charge in [0.05, 0.1) is 5.56 Å². The normalized spacial score (nSPS) is 13.5. The highest BCUT2D eigenvalue weighted by Gasteiger charge is 2.37. The summed E-state index contributed by atoms with van der Waals surface area (Å²) >= 11 is 8.71. The molecule has 6 heteroatoms. The van der Waals surface area contributed by atoms with Crippen molar-refractivity contribution in [1.29, 1.82) is 0 Å². The average molecular weight is 330 g/mol. The molecule has 0 N–H and O–H groups in total. The first kappa shape index (κ1) is 14.5. The number of rotatable bonds is 3. The average Bonchev–Trinajstić information content (AvgIpc) is 2.25. The number of alkyl halides is 5. The summed E-state index contributed by atoms with van der Waals surface area (Å²) < 4.78 is 38.8. The van der Waals surface area contributed by atoms with Gasteiger partial charge in [0.25, 0.3) is 0 Å². The minimum absolute atomic E-state index is 0.0528. The maximum absolute atomic E-state index is 12.9. The van der Waals surface area contributed by atoms with Crippen molar-refractivity contribution in [2.45, 2.75) is 23.8 Å². The van der Waals surface area contributed by atoms with Crippen LogP contribution in [-0.4, -0.2) is 5.78 Å². The smallest absolute Gasteiger partial charge is 0.298 e. The summed E-state index contributed by atoms with van der Waals surface area (Å²) in [5.41, 5.74) is -0.947. The van der Waals surface area contributed by atoms with Gasteiger partial charge < -0.3 is 0 Å². The Balaban J connectivity index is 3.45. The zero-order chi connectivity index (χ0) is 13.2. The van der Waals surface area contributed by atoms with Crippen molar-refractivity contribution in [1.82, 2.24) is 0 Å². The summed E-state index contributed by atoms with van der Waals surface area (Å²) in [7, 11) is 0. The van der Waals surface area contributed by atoms with Crippen molar-refractivity contribution in [2.24, 2.45) is 0 Å². The van der Waals surface area contributed by atoms with Crippen LogP contribution in [0.2, 0.25) is 0 Å². The first-order chi connectivity index (χ1) is 7.79. The van der Waals surface area contributed by atoms with Crippen molar-refractivity contribution in [3.8, 4) is 0 Å². The number of Topliss-reactive ketones (excluding diaryl/α,β-unsaturated/α-hetero) is 1. The minimum atomic E-state index is -4.53. The van der Waals surface area contributed by atoms with Gasteiger partial charge in [-0.15, -0.1) is 11.6 Å². The molecule has 0 spiro atoms. The van der Waals surface area contributed by atoms with Crippen LogP contribution in [0.5, 0.6) is 0 Å². The predicted octanol–water partition coefficient (Wildman–Crippen LogP) is 4.47. The van der Waals surface area contributed by atoms with Crippen LogP contribution in [0.4, 0.5) is 13.2 Å². The van der Waals surface area contributed by atoms with Gasteiger partial charge in [-0.1, -0.05) is 34.1 Å². The summed E-state index contributed by atoms with van der Waals surface area (Å²) in [6, 6.07) is 4.04. The molecular weight excluding hydrogens is 320 g/mol. The number of benzene rings is 1. The fraction of sp³-hybridized carbons (Fsp3) is 0.364. The molecule has 0 aromatic heterocycles. The molecule has 17 heavy (non-hydrogen) atoms. The van der Waals surface area contributed by atoms with Gasteiger partial charge in [-0.05, 0) is 18.1 Å². The Morgan fingerprint density at radius 3 is 2.47 bits per heavy atom. The second-order valence-electron chi connectivity index (χ2n) is 3.49. The number of hydrogen-bond donors (Lipinski definition) is 0. The Bertz CT molecular complexity index is 431. The molecule has 1 unspecified atom stereocenters. The van der Waals surface area contributed by atoms with E-state index in [-0.39, 0.29) is 16.5 Å². The maximum atomic E-state index is 12.9. The molecule has 94 valence electrons. The summed E-state index contributed by atoms with van der Waals surface area (Å²) in [6.07, 6.45) is -4.53. The van der Waals surface area contributed by atoms with Gasteiger partial charge in [0, 0.05) is 5.33 Å². The topological polar surface area (TPSA) is 17.1 Å². The van der Waals surface area contributed by atoms with Crippen LogP contribution in [0.15, 0.2) is 18.2 Å². The molecular formula is C11H9BrClF3O. The number of ketones is 1. The Labute approximate surface area is 110 Å². The molecule has 0 amide bonds. The Morgan fingerprint density at radius 1 is 1.47 bits per heavy atom. The van der Waals surface area contributed by atoms with E-state index >= 15 is 0 Å². The van der Waals surface area contributed by atoms with E-state index in [1.165, 1.54) is 25.1 Å². The molecule has 0 radical (unpaired) electrons. The molecule has 0 aliphatic rings. The third-order valence-electron chi connectivity index (χ3n) is 2.24. The van der Waals surface area contributed by atoms with E-state index in [9.17, 15) is 18.0 Å². The Morgan fingerprint density at radius 2 is 2.06 bits per heavy atom. The molecule has 0 fully saturated rings. The summed E-state index contributed by atoms with van der Waals surface area (Å²) in [5.74, 6) is -0.510. The zero-order valence-electron chi connectivity index (χ0n) is 8.81. The molecule has 0 heterocycles. The van der Waals surface area contributed by atoms with E-state index in [1.807, 2.05) is 0 Å². The Kier molecular flexibility index (Phi) is 4.61. The first-order valence-corrected chi connectivity index (χ1v) is 6.24. The van der Waals surface area contributed by atoms with E-state index in [0.717, 1.165) is 0 Å². The van der Waals surface area contributed by atoms with E-state index in [1.54, 1.807) is 0 Å². The maximum Gasteiger partial charge on any atom is 0.417 e. The van der Waals surface area contributed by atoms with E-state index in [0.29, 0.717) is 0 Å².